The third-order valence-electron chi connectivity index (χ3n) is 0.446. The van der Waals surface area contributed by atoms with Gasteiger partial charge in [-0.25, -0.2) is 0 Å². The first-order chi connectivity index (χ1) is 3.31. The van der Waals surface area contributed by atoms with Crippen LogP contribution in [0.2, 0.25) is 0 Å². The van der Waals surface area contributed by atoms with Crippen LogP contribution in [0.25, 0.3) is 0 Å². The Labute approximate surface area is 176 Å². The zero-order valence-corrected chi connectivity index (χ0v) is 18.7. The van der Waals surface area contributed by atoms with Gasteiger partial charge in [0, 0.05) is 131 Å². The first-order valence-corrected chi connectivity index (χ1v) is 1.91. The minimum Gasteiger partial charge on any atom is -0.490 e. The summed E-state index contributed by atoms with van der Waals surface area (Å²) in [5.41, 5.74) is 0. The molecule has 0 aromatic carbocycles. The third kappa shape index (κ3) is 29.2. The van der Waals surface area contributed by atoms with E-state index in [1.807, 2.05) is 0 Å². The van der Waals surface area contributed by atoms with Crippen molar-refractivity contribution in [2.75, 3.05) is 6.54 Å². The smallest absolute Gasteiger partial charge is 0.282 e. The maximum atomic E-state index is 10.1. The molecule has 0 fully saturated rings. The van der Waals surface area contributed by atoms with E-state index in [-0.39, 0.29) is 144 Å². The van der Waals surface area contributed by atoms with Gasteiger partial charge in [-0.15, -0.1) is 6.54 Å². The molecule has 2 N–H and O–H groups in total. The Morgan fingerprint density at radius 2 is 1.50 bits per heavy atom. The van der Waals surface area contributed by atoms with E-state index in [9.17, 15) is 4.79 Å². The van der Waals surface area contributed by atoms with Crippen LogP contribution in [0.1, 0.15) is 0 Å². The van der Waals surface area contributed by atoms with Crippen molar-refractivity contribution < 1.29 is 136 Å². The predicted octanol–water partition coefficient (Wildman–Crippen LogP) is 0.352. The van der Waals surface area contributed by atoms with Crippen molar-refractivity contribution in [1.82, 2.24) is 10.6 Å². The average molecular weight is 471 g/mol. The molecule has 3 nitrogen and oxygen atoms in total. The van der Waals surface area contributed by atoms with Crippen LogP contribution in [0.5, 0.6) is 0 Å². The molecule has 0 aliphatic heterocycles. The SMILES string of the molecule is [CH2-]CNC(=O)N[CH2-].[CH3-].[Y].[Y].[Y].[Y]. The Morgan fingerprint density at radius 1 is 1.17 bits per heavy atom. The molecular formula is C5H11N2OY4-3. The van der Waals surface area contributed by atoms with Crippen LogP contribution in [0.15, 0.2) is 0 Å². The van der Waals surface area contributed by atoms with Gasteiger partial charge in [0.05, 0.1) is 0 Å². The quantitative estimate of drug-likeness (QED) is 0.534. The third-order valence-corrected chi connectivity index (χ3v) is 0.446. The summed E-state index contributed by atoms with van der Waals surface area (Å²) in [6.07, 6.45) is 0. The summed E-state index contributed by atoms with van der Waals surface area (Å²) < 4.78 is 0. The van der Waals surface area contributed by atoms with Crippen molar-refractivity contribution in [2.45, 2.75) is 0 Å². The summed E-state index contributed by atoms with van der Waals surface area (Å²) in [5.74, 6) is 0. The summed E-state index contributed by atoms with van der Waals surface area (Å²) >= 11 is 0. The Balaban J connectivity index is -0.0000000180. The van der Waals surface area contributed by atoms with Crippen molar-refractivity contribution in [3.8, 4) is 0 Å². The van der Waals surface area contributed by atoms with Crippen molar-refractivity contribution in [3.63, 3.8) is 0 Å². The molecule has 7 heteroatoms. The van der Waals surface area contributed by atoms with Crippen molar-refractivity contribution in [2.24, 2.45) is 0 Å². The van der Waals surface area contributed by atoms with Gasteiger partial charge >= 0.3 is 0 Å². The second kappa shape index (κ2) is 29.3. The topological polar surface area (TPSA) is 41.1 Å². The molecule has 0 saturated heterocycles. The van der Waals surface area contributed by atoms with Crippen LogP contribution in [-0.4, -0.2) is 12.6 Å². The fourth-order valence-corrected chi connectivity index (χ4v) is 0.176. The predicted molar refractivity (Wildman–Crippen MR) is 33.7 cm³/mol. The van der Waals surface area contributed by atoms with Crippen LogP contribution in [0, 0.1) is 21.4 Å². The number of carbonyl (C=O) groups is 1. The number of carbonyl (C=O) groups excluding carboxylic acids is 1. The number of urea groups is 1. The number of rotatable bonds is 1. The number of amides is 2. The van der Waals surface area contributed by atoms with E-state index >= 15 is 0 Å². The van der Waals surface area contributed by atoms with E-state index in [4.69, 9.17) is 0 Å². The summed E-state index contributed by atoms with van der Waals surface area (Å²) in [5, 5.41) is 4.50. The van der Waals surface area contributed by atoms with Gasteiger partial charge in [0.1, 0.15) is 0 Å². The van der Waals surface area contributed by atoms with Crippen LogP contribution in [0.4, 0.5) is 4.79 Å². The van der Waals surface area contributed by atoms with Crippen molar-refractivity contribution in [3.05, 3.63) is 21.4 Å². The Morgan fingerprint density at radius 3 is 1.58 bits per heavy atom. The van der Waals surface area contributed by atoms with Gasteiger partial charge in [0.15, 0.2) is 0 Å². The van der Waals surface area contributed by atoms with E-state index in [0.29, 0.717) is 6.54 Å². The van der Waals surface area contributed by atoms with Crippen molar-refractivity contribution in [1.29, 1.82) is 0 Å². The first kappa shape index (κ1) is 36.1. The molecule has 0 aliphatic rings. The van der Waals surface area contributed by atoms with Gasteiger partial charge in [-0.3, -0.25) is 11.8 Å². The second-order valence-corrected chi connectivity index (χ2v) is 0.933. The van der Waals surface area contributed by atoms with Gasteiger partial charge in [0.2, 0.25) is 0 Å². The first-order valence-electron chi connectivity index (χ1n) is 1.91. The van der Waals surface area contributed by atoms with Crippen molar-refractivity contribution >= 4 is 6.03 Å². The normalized spacial score (nSPS) is 4.50. The standard InChI is InChI=1S/C4H8N2O.CH3.4Y/c1-3-6-4(7)5-2;;;;;/h1-3H2,(H2,5,6,7);1H3;;;;/q-2;-1;;;;. The molecule has 0 aromatic heterocycles. The van der Waals surface area contributed by atoms with Gasteiger partial charge in [-0.05, 0) is 0 Å². The Kier molecular flexibility index (Phi) is 88.1. The fraction of sp³-hybridized carbons (Fsp3) is 0.200. The molecule has 0 heterocycles. The van der Waals surface area contributed by atoms with Crippen LogP contribution in [-0.2, 0) is 131 Å². The summed E-state index contributed by atoms with van der Waals surface area (Å²) in [6, 6.07) is -0.296. The number of hydrogen-bond donors (Lipinski definition) is 2. The molecule has 12 heavy (non-hydrogen) atoms. The second-order valence-electron chi connectivity index (χ2n) is 0.933. The molecule has 0 unspecified atom stereocenters. The minimum absolute atomic E-state index is 0. The molecule has 0 aromatic rings. The largest absolute Gasteiger partial charge is 0.490 e. The summed E-state index contributed by atoms with van der Waals surface area (Å²) in [4.78, 5) is 10.1. The van der Waals surface area contributed by atoms with Crippen LogP contribution in [0.3, 0.4) is 0 Å². The molecule has 0 aliphatic carbocycles. The molecule has 62 valence electrons. The van der Waals surface area contributed by atoms with E-state index in [0.717, 1.165) is 0 Å². The van der Waals surface area contributed by atoms with E-state index < -0.39 is 0 Å². The van der Waals surface area contributed by atoms with Gasteiger partial charge in [-0.2, -0.15) is 0 Å². The Bertz CT molecular complexity index is 74.5. The average Bonchev–Trinajstić information content (AvgIpc) is 1.68. The number of hydrogen-bond acceptors (Lipinski definition) is 1. The minimum atomic E-state index is -0.296. The zero-order valence-electron chi connectivity index (χ0n) is 7.34. The monoisotopic (exact) mass is 471 g/mol. The summed E-state index contributed by atoms with van der Waals surface area (Å²) in [7, 11) is 3.11. The number of nitrogens with one attached hydrogen (secondary N) is 2. The van der Waals surface area contributed by atoms with E-state index in [2.05, 4.69) is 24.6 Å². The molecule has 0 rings (SSSR count). The molecule has 2 amide bonds. The molecule has 0 bridgehead atoms. The molecular weight excluding hydrogens is 460 g/mol. The van der Waals surface area contributed by atoms with E-state index in [1.165, 1.54) is 0 Å². The van der Waals surface area contributed by atoms with Gasteiger partial charge in [0.25, 0.3) is 6.03 Å². The molecule has 0 spiro atoms. The molecule has 0 saturated carbocycles. The molecule has 0 atom stereocenters. The van der Waals surface area contributed by atoms with E-state index in [1.54, 1.807) is 0 Å². The maximum absolute atomic E-state index is 10.1. The zero-order chi connectivity index (χ0) is 5.70. The van der Waals surface area contributed by atoms with Crippen LogP contribution < -0.4 is 10.6 Å². The molecule has 4 radical (unpaired) electrons. The maximum Gasteiger partial charge on any atom is 0.282 e. The van der Waals surface area contributed by atoms with Gasteiger partial charge in [-0.1, -0.05) is 0 Å². The fourth-order valence-electron chi connectivity index (χ4n) is 0.176. The summed E-state index contributed by atoms with van der Waals surface area (Å²) in [6.45, 7) is 3.76. The van der Waals surface area contributed by atoms with Gasteiger partial charge < -0.3 is 25.0 Å². The van der Waals surface area contributed by atoms with Crippen LogP contribution >= 0.6 is 0 Å². The Hall–Kier alpha value is 3.69.